The lowest BCUT2D eigenvalue weighted by Gasteiger charge is -2.20. The largest absolute Gasteiger partial charge is 0.493 e. The van der Waals surface area contributed by atoms with Crippen molar-refractivity contribution in [2.75, 3.05) is 14.2 Å². The van der Waals surface area contributed by atoms with Gasteiger partial charge in [-0.3, -0.25) is 4.79 Å². The van der Waals surface area contributed by atoms with E-state index in [1.807, 2.05) is 0 Å². The predicted molar refractivity (Wildman–Crippen MR) is 72.2 cm³/mol. The summed E-state index contributed by atoms with van der Waals surface area (Å²) in [4.78, 5) is 11.0. The van der Waals surface area contributed by atoms with Crippen LogP contribution in [0.25, 0.3) is 0 Å². The lowest BCUT2D eigenvalue weighted by molar-refractivity contribution is -0.137. The Balaban J connectivity index is 2.50. The SMILES string of the molecule is COc1cc(C2(CC(=O)O)CC2)cc(C(C)F)c1OC. The van der Waals surface area contributed by atoms with E-state index >= 15 is 0 Å². The van der Waals surface area contributed by atoms with Crippen molar-refractivity contribution < 1.29 is 23.8 Å². The lowest BCUT2D eigenvalue weighted by Crippen LogP contribution is -2.14. The average molecular weight is 282 g/mol. The molecular formula is C15H19FO4. The van der Waals surface area contributed by atoms with Crippen molar-refractivity contribution >= 4 is 5.97 Å². The first-order chi connectivity index (χ1) is 9.43. The van der Waals surface area contributed by atoms with Crippen LogP contribution in [-0.2, 0) is 10.2 Å². The summed E-state index contributed by atoms with van der Waals surface area (Å²) in [5.74, 6) is -0.0225. The van der Waals surface area contributed by atoms with Gasteiger partial charge in [-0.15, -0.1) is 0 Å². The van der Waals surface area contributed by atoms with Crippen LogP contribution in [0.3, 0.4) is 0 Å². The van der Waals surface area contributed by atoms with Crippen molar-refractivity contribution in [1.29, 1.82) is 0 Å². The number of rotatable bonds is 6. The van der Waals surface area contributed by atoms with Gasteiger partial charge in [-0.1, -0.05) is 0 Å². The second-order valence-electron chi connectivity index (χ2n) is 5.27. The van der Waals surface area contributed by atoms with Gasteiger partial charge in [-0.25, -0.2) is 4.39 Å². The molecule has 1 aliphatic rings. The quantitative estimate of drug-likeness (QED) is 0.870. The molecule has 0 saturated heterocycles. The molecule has 0 spiro atoms. The molecule has 2 rings (SSSR count). The molecule has 1 N–H and O–H groups in total. The maximum atomic E-state index is 13.8. The van der Waals surface area contributed by atoms with Crippen molar-refractivity contribution in [2.24, 2.45) is 0 Å². The Kier molecular flexibility index (Phi) is 3.88. The Labute approximate surface area is 117 Å². The van der Waals surface area contributed by atoms with E-state index in [0.29, 0.717) is 17.1 Å². The maximum absolute atomic E-state index is 13.8. The Morgan fingerprint density at radius 3 is 2.45 bits per heavy atom. The molecule has 1 atom stereocenters. The highest BCUT2D eigenvalue weighted by molar-refractivity contribution is 5.70. The van der Waals surface area contributed by atoms with Crippen LogP contribution >= 0.6 is 0 Å². The maximum Gasteiger partial charge on any atom is 0.304 e. The number of hydrogen-bond donors (Lipinski definition) is 1. The summed E-state index contributed by atoms with van der Waals surface area (Å²) < 4.78 is 24.3. The minimum absolute atomic E-state index is 0.0581. The zero-order chi connectivity index (χ0) is 14.9. The van der Waals surface area contributed by atoms with E-state index in [-0.39, 0.29) is 11.8 Å². The van der Waals surface area contributed by atoms with E-state index in [2.05, 4.69) is 0 Å². The van der Waals surface area contributed by atoms with Gasteiger partial charge in [0.25, 0.3) is 0 Å². The van der Waals surface area contributed by atoms with Crippen molar-refractivity contribution in [3.8, 4) is 11.5 Å². The molecule has 4 nitrogen and oxygen atoms in total. The summed E-state index contributed by atoms with van der Waals surface area (Å²) in [6.45, 7) is 1.43. The van der Waals surface area contributed by atoms with Crippen LogP contribution in [0.15, 0.2) is 12.1 Å². The number of alkyl halides is 1. The minimum Gasteiger partial charge on any atom is -0.493 e. The second kappa shape index (κ2) is 5.31. The van der Waals surface area contributed by atoms with E-state index in [4.69, 9.17) is 14.6 Å². The number of aliphatic carboxylic acids is 1. The second-order valence-corrected chi connectivity index (χ2v) is 5.27. The van der Waals surface area contributed by atoms with Crippen LogP contribution in [0.5, 0.6) is 11.5 Å². The fraction of sp³-hybridized carbons (Fsp3) is 0.533. The third-order valence-electron chi connectivity index (χ3n) is 3.89. The predicted octanol–water partition coefficient (Wildman–Crippen LogP) is 3.24. The number of carboxylic acid groups (broad SMARTS) is 1. The highest BCUT2D eigenvalue weighted by atomic mass is 19.1. The zero-order valence-electron chi connectivity index (χ0n) is 11.9. The van der Waals surface area contributed by atoms with E-state index in [1.54, 1.807) is 12.1 Å². The normalized spacial score (nSPS) is 17.4. The molecular weight excluding hydrogens is 263 g/mol. The summed E-state index contributed by atoms with van der Waals surface area (Å²) in [5, 5.41) is 9.03. The Hall–Kier alpha value is -1.78. The summed E-state index contributed by atoms with van der Waals surface area (Å²) in [6, 6.07) is 3.47. The molecule has 1 aromatic carbocycles. The smallest absolute Gasteiger partial charge is 0.304 e. The average Bonchev–Trinajstić information content (AvgIpc) is 3.16. The molecule has 0 radical (unpaired) electrons. The van der Waals surface area contributed by atoms with E-state index < -0.39 is 12.1 Å². The molecule has 0 amide bonds. The van der Waals surface area contributed by atoms with Gasteiger partial charge in [0.2, 0.25) is 0 Å². The minimum atomic E-state index is -1.21. The molecule has 1 saturated carbocycles. The molecule has 0 heterocycles. The number of methoxy groups -OCH3 is 2. The molecule has 1 aromatic rings. The Bertz CT molecular complexity index is 521. The van der Waals surface area contributed by atoms with Gasteiger partial charge in [-0.05, 0) is 37.5 Å². The highest BCUT2D eigenvalue weighted by Gasteiger charge is 2.46. The Morgan fingerprint density at radius 1 is 1.40 bits per heavy atom. The van der Waals surface area contributed by atoms with Crippen LogP contribution < -0.4 is 9.47 Å². The van der Waals surface area contributed by atoms with Crippen LogP contribution in [0.1, 0.15) is 43.5 Å². The summed E-state index contributed by atoms with van der Waals surface area (Å²) in [6.07, 6.45) is 0.450. The molecule has 20 heavy (non-hydrogen) atoms. The van der Waals surface area contributed by atoms with Crippen LogP contribution in [0.2, 0.25) is 0 Å². The van der Waals surface area contributed by atoms with Crippen molar-refractivity contribution in [3.05, 3.63) is 23.3 Å². The summed E-state index contributed by atoms with van der Waals surface area (Å²) >= 11 is 0. The molecule has 0 aliphatic heterocycles. The molecule has 1 fully saturated rings. The van der Waals surface area contributed by atoms with Gasteiger partial charge in [-0.2, -0.15) is 0 Å². The fourth-order valence-corrected chi connectivity index (χ4v) is 2.60. The first-order valence-electron chi connectivity index (χ1n) is 6.56. The number of carboxylic acids is 1. The lowest BCUT2D eigenvalue weighted by atomic mass is 9.90. The third kappa shape index (κ3) is 2.57. The molecule has 1 aliphatic carbocycles. The van der Waals surface area contributed by atoms with Gasteiger partial charge >= 0.3 is 5.97 Å². The van der Waals surface area contributed by atoms with Crippen molar-refractivity contribution in [3.63, 3.8) is 0 Å². The van der Waals surface area contributed by atoms with Gasteiger partial charge < -0.3 is 14.6 Å². The molecule has 0 bridgehead atoms. The van der Waals surface area contributed by atoms with E-state index in [0.717, 1.165) is 18.4 Å². The van der Waals surface area contributed by atoms with Gasteiger partial charge in [0.1, 0.15) is 6.17 Å². The van der Waals surface area contributed by atoms with E-state index in [1.165, 1.54) is 21.1 Å². The number of halogens is 1. The molecule has 1 unspecified atom stereocenters. The summed E-state index contributed by atoms with van der Waals surface area (Å²) in [5.41, 5.74) is 0.838. The summed E-state index contributed by atoms with van der Waals surface area (Å²) in [7, 11) is 2.96. The monoisotopic (exact) mass is 282 g/mol. The van der Waals surface area contributed by atoms with Crippen LogP contribution in [0, 0.1) is 0 Å². The number of carbonyl (C=O) groups is 1. The first kappa shape index (κ1) is 14.6. The number of ether oxygens (including phenoxy) is 2. The topological polar surface area (TPSA) is 55.8 Å². The number of benzene rings is 1. The standard InChI is InChI=1S/C15H19FO4/c1-9(16)11-6-10(7-12(19-2)14(11)20-3)15(4-5-15)8-13(17)18/h6-7,9H,4-5,8H2,1-3H3,(H,17,18). The molecule has 0 aromatic heterocycles. The third-order valence-corrected chi connectivity index (χ3v) is 3.89. The molecule has 110 valence electrons. The van der Waals surface area contributed by atoms with Crippen molar-refractivity contribution in [2.45, 2.75) is 37.8 Å². The van der Waals surface area contributed by atoms with Gasteiger partial charge in [0, 0.05) is 11.0 Å². The van der Waals surface area contributed by atoms with Crippen LogP contribution in [0.4, 0.5) is 4.39 Å². The first-order valence-corrected chi connectivity index (χ1v) is 6.56. The van der Waals surface area contributed by atoms with Crippen molar-refractivity contribution in [1.82, 2.24) is 0 Å². The Morgan fingerprint density at radius 2 is 2.05 bits per heavy atom. The highest BCUT2D eigenvalue weighted by Crippen LogP contribution is 2.53. The van der Waals surface area contributed by atoms with Gasteiger partial charge in [0.15, 0.2) is 11.5 Å². The fourth-order valence-electron chi connectivity index (χ4n) is 2.60. The molecule has 5 heteroatoms. The number of hydrogen-bond acceptors (Lipinski definition) is 3. The zero-order valence-corrected chi connectivity index (χ0v) is 11.9. The van der Waals surface area contributed by atoms with E-state index in [9.17, 15) is 9.18 Å². The van der Waals surface area contributed by atoms with Crippen LogP contribution in [-0.4, -0.2) is 25.3 Å². The van der Waals surface area contributed by atoms with Gasteiger partial charge in [0.05, 0.1) is 20.6 Å².